The van der Waals surface area contributed by atoms with Gasteiger partial charge in [-0.3, -0.25) is 14.4 Å². The molecule has 1 aliphatic carbocycles. The van der Waals surface area contributed by atoms with E-state index in [9.17, 15) is 24.3 Å². The molecule has 0 radical (unpaired) electrons. The molecule has 1 saturated carbocycles. The number of hydrogen-bond acceptors (Lipinski definition) is 10. The van der Waals surface area contributed by atoms with Crippen LogP contribution in [0.4, 0.5) is 4.79 Å². The van der Waals surface area contributed by atoms with Crippen molar-refractivity contribution in [3.8, 4) is 11.4 Å². The molecular formula is C30H39N5O8. The molecule has 1 aliphatic heterocycles. The van der Waals surface area contributed by atoms with Crippen LogP contribution >= 0.6 is 0 Å². The Balaban J connectivity index is 1.45. The zero-order valence-electron chi connectivity index (χ0n) is 24.6. The van der Waals surface area contributed by atoms with Gasteiger partial charge in [-0.2, -0.15) is 0 Å². The summed E-state index contributed by atoms with van der Waals surface area (Å²) in [6, 6.07) is 9.85. The molecule has 13 heteroatoms. The van der Waals surface area contributed by atoms with Crippen LogP contribution in [0.1, 0.15) is 61.1 Å². The average molecular weight is 598 g/mol. The van der Waals surface area contributed by atoms with Crippen molar-refractivity contribution in [2.75, 3.05) is 46.5 Å². The van der Waals surface area contributed by atoms with Crippen LogP contribution in [-0.2, 0) is 23.9 Å². The highest BCUT2D eigenvalue weighted by atomic mass is 16.8. The molecule has 232 valence electrons. The van der Waals surface area contributed by atoms with E-state index in [2.05, 4.69) is 10.3 Å². The number of methoxy groups -OCH3 is 1. The van der Waals surface area contributed by atoms with Gasteiger partial charge in [-0.15, -0.1) is 5.06 Å². The monoisotopic (exact) mass is 597 g/mol. The predicted molar refractivity (Wildman–Crippen MR) is 154 cm³/mol. The summed E-state index contributed by atoms with van der Waals surface area (Å²) >= 11 is 0. The highest BCUT2D eigenvalue weighted by Crippen LogP contribution is 2.47. The normalized spacial score (nSPS) is 18.9. The molecule has 2 N–H and O–H groups in total. The summed E-state index contributed by atoms with van der Waals surface area (Å²) in [7, 11) is 1.65. The van der Waals surface area contributed by atoms with Gasteiger partial charge in [0.2, 0.25) is 5.91 Å². The van der Waals surface area contributed by atoms with Crippen molar-refractivity contribution in [3.05, 3.63) is 47.8 Å². The number of piperazine rings is 1. The zero-order valence-corrected chi connectivity index (χ0v) is 24.6. The summed E-state index contributed by atoms with van der Waals surface area (Å²) in [5, 5.41) is 13.5. The van der Waals surface area contributed by atoms with Crippen LogP contribution in [-0.4, -0.2) is 102 Å². The molecule has 0 bridgehead atoms. The number of carbonyl (C=O) groups excluding carboxylic acids is 3. The first kappa shape index (κ1) is 31.8. The van der Waals surface area contributed by atoms with Gasteiger partial charge in [-0.1, -0.05) is 43.7 Å². The lowest BCUT2D eigenvalue weighted by atomic mass is 10.1. The summed E-state index contributed by atoms with van der Waals surface area (Å²) < 4.78 is 10.3. The summed E-state index contributed by atoms with van der Waals surface area (Å²) in [6.07, 6.45) is 1.30. The first-order chi connectivity index (χ1) is 20.8. The molecule has 1 aromatic carbocycles. The molecule has 2 aliphatic rings. The van der Waals surface area contributed by atoms with Crippen molar-refractivity contribution < 1.29 is 38.6 Å². The van der Waals surface area contributed by atoms with E-state index >= 15 is 0 Å². The third kappa shape index (κ3) is 9.19. The van der Waals surface area contributed by atoms with Gasteiger partial charge in [0.1, 0.15) is 11.7 Å². The van der Waals surface area contributed by atoms with E-state index in [1.54, 1.807) is 13.2 Å². The van der Waals surface area contributed by atoms with Gasteiger partial charge in [0.05, 0.1) is 19.7 Å². The molecule has 2 fully saturated rings. The summed E-state index contributed by atoms with van der Waals surface area (Å²) in [4.78, 5) is 66.2. The molecule has 2 amide bonds. The molecule has 1 aromatic heterocycles. The van der Waals surface area contributed by atoms with Crippen LogP contribution in [0.15, 0.2) is 36.4 Å². The van der Waals surface area contributed by atoms with E-state index in [0.29, 0.717) is 18.3 Å². The van der Waals surface area contributed by atoms with Crippen molar-refractivity contribution >= 4 is 23.9 Å². The number of aliphatic carboxylic acids is 1. The van der Waals surface area contributed by atoms with E-state index < -0.39 is 30.0 Å². The third-order valence-corrected chi connectivity index (χ3v) is 7.42. The first-order valence-electron chi connectivity index (χ1n) is 14.6. The highest BCUT2D eigenvalue weighted by Gasteiger charge is 2.40. The smallest absolute Gasteiger partial charge is 0.481 e. The zero-order chi connectivity index (χ0) is 30.8. The number of benzene rings is 1. The predicted octanol–water partition coefficient (Wildman–Crippen LogP) is 2.87. The largest absolute Gasteiger partial charge is 0.527 e. The number of hydroxylamine groups is 2. The lowest BCUT2D eigenvalue weighted by Crippen LogP contribution is -2.55. The molecule has 2 aromatic rings. The number of aromatic nitrogens is 2. The topological polar surface area (TPSA) is 160 Å². The fraction of sp³-hybridized carbons (Fsp3) is 0.533. The third-order valence-electron chi connectivity index (χ3n) is 7.42. The molecule has 0 unspecified atom stereocenters. The molecular weight excluding hydrogens is 558 g/mol. The highest BCUT2D eigenvalue weighted by molar-refractivity contribution is 5.96. The fourth-order valence-corrected chi connectivity index (χ4v) is 4.91. The molecule has 43 heavy (non-hydrogen) atoms. The second-order valence-electron chi connectivity index (χ2n) is 10.7. The number of carbonyl (C=O) groups is 4. The lowest BCUT2D eigenvalue weighted by molar-refractivity contribution is -0.158. The Morgan fingerprint density at radius 3 is 2.51 bits per heavy atom. The van der Waals surface area contributed by atoms with Gasteiger partial charge < -0.3 is 29.6 Å². The number of ether oxygens (including phenoxy) is 2. The van der Waals surface area contributed by atoms with Crippen LogP contribution < -0.4 is 5.32 Å². The molecule has 1 saturated heterocycles. The number of amides is 2. The van der Waals surface area contributed by atoms with Crippen LogP contribution in [0, 0.1) is 5.92 Å². The second-order valence-corrected chi connectivity index (χ2v) is 10.7. The van der Waals surface area contributed by atoms with Gasteiger partial charge in [0.25, 0.3) is 5.91 Å². The van der Waals surface area contributed by atoms with Crippen molar-refractivity contribution in [1.82, 2.24) is 25.2 Å². The van der Waals surface area contributed by atoms with E-state index in [1.807, 2.05) is 37.3 Å². The van der Waals surface area contributed by atoms with Gasteiger partial charge in [0.15, 0.2) is 5.82 Å². The van der Waals surface area contributed by atoms with Crippen LogP contribution in [0.5, 0.6) is 0 Å². The van der Waals surface area contributed by atoms with Crippen LogP contribution in [0.2, 0.25) is 0 Å². The lowest BCUT2D eigenvalue weighted by Gasteiger charge is -2.35. The Kier molecular flexibility index (Phi) is 11.4. The number of carboxylic acids is 1. The quantitative estimate of drug-likeness (QED) is 0.243. The number of nitrogens with one attached hydrogen (secondary N) is 1. The Bertz CT molecular complexity index is 1270. The Morgan fingerprint density at radius 2 is 1.84 bits per heavy atom. The van der Waals surface area contributed by atoms with Gasteiger partial charge in [0, 0.05) is 50.4 Å². The van der Waals surface area contributed by atoms with Gasteiger partial charge in [-0.05, 0) is 31.2 Å². The number of hydrogen-bond donors (Lipinski definition) is 2. The Labute approximate surface area is 250 Å². The molecule has 0 spiro atoms. The molecule has 3 atom stereocenters. The minimum atomic E-state index is -1.09. The average Bonchev–Trinajstić information content (AvgIpc) is 3.79. The SMILES string of the molecule is CCCCOC(=O)ON1CCN(C(=O)[C@H](CCC(=O)O)NC(=O)c2cc([C@@H]3C[C@@H]3COC)nc(-c3ccccc3)n2)CC1. The maximum atomic E-state index is 13.5. The van der Waals surface area contributed by atoms with E-state index in [4.69, 9.17) is 19.3 Å². The standard InChI is InChI=1S/C30H39N5O8/c1-3-4-16-42-30(40)43-35-14-12-34(13-15-35)29(39)23(10-11-26(36)37)33-28(38)25-18-24(22-17-21(22)19-41-2)31-27(32-25)20-8-6-5-7-9-20/h5-9,18,21-23H,3-4,10-17,19H2,1-2H3,(H,33,38)(H,36,37)/t21-,22-,23+/m1/s1. The van der Waals surface area contributed by atoms with Crippen molar-refractivity contribution in [2.24, 2.45) is 5.92 Å². The van der Waals surface area contributed by atoms with Crippen LogP contribution in [0.3, 0.4) is 0 Å². The molecule has 13 nitrogen and oxygen atoms in total. The Morgan fingerprint density at radius 1 is 1.09 bits per heavy atom. The minimum absolute atomic E-state index is 0.0948. The molecule has 2 heterocycles. The van der Waals surface area contributed by atoms with Gasteiger partial charge >= 0.3 is 12.1 Å². The van der Waals surface area contributed by atoms with Crippen molar-refractivity contribution in [2.45, 2.75) is 51.0 Å². The maximum absolute atomic E-state index is 13.5. The van der Waals surface area contributed by atoms with E-state index in [-0.39, 0.29) is 57.2 Å². The Hall–Kier alpha value is -4.10. The van der Waals surface area contributed by atoms with Crippen LogP contribution in [0.25, 0.3) is 11.4 Å². The fourth-order valence-electron chi connectivity index (χ4n) is 4.91. The molecule has 4 rings (SSSR count). The number of nitrogens with zero attached hydrogens (tertiary/aromatic N) is 4. The number of unbranched alkanes of at least 4 members (excludes halogenated alkanes) is 1. The van der Waals surface area contributed by atoms with E-state index in [0.717, 1.165) is 30.5 Å². The minimum Gasteiger partial charge on any atom is -0.481 e. The van der Waals surface area contributed by atoms with Crippen molar-refractivity contribution in [3.63, 3.8) is 0 Å². The summed E-state index contributed by atoms with van der Waals surface area (Å²) in [5.74, 6) is -1.27. The van der Waals surface area contributed by atoms with Crippen molar-refractivity contribution in [1.29, 1.82) is 0 Å². The first-order valence-corrected chi connectivity index (χ1v) is 14.6. The number of carboxylic acid groups (broad SMARTS) is 1. The summed E-state index contributed by atoms with van der Waals surface area (Å²) in [6.45, 7) is 3.77. The van der Waals surface area contributed by atoms with E-state index in [1.165, 1.54) is 9.96 Å². The summed E-state index contributed by atoms with van der Waals surface area (Å²) in [5.41, 5.74) is 1.56. The van der Waals surface area contributed by atoms with Gasteiger partial charge in [-0.25, -0.2) is 14.8 Å². The number of rotatable bonds is 14. The second kappa shape index (κ2) is 15.4. The maximum Gasteiger partial charge on any atom is 0.527 e.